The van der Waals surface area contributed by atoms with Crippen LogP contribution in [0.2, 0.25) is 5.02 Å². The largest absolute Gasteiger partial charge is 0.376 e. The summed E-state index contributed by atoms with van der Waals surface area (Å²) in [5, 5.41) is 4.21. The Hall–Kier alpha value is -0.570. The first-order valence-electron chi connectivity index (χ1n) is 7.02. The Morgan fingerprint density at radius 3 is 2.37 bits per heavy atom. The first-order valence-corrected chi connectivity index (χ1v) is 7.40. The van der Waals surface area contributed by atoms with E-state index in [1.54, 1.807) is 0 Å². The van der Waals surface area contributed by atoms with Crippen LogP contribution in [0.3, 0.4) is 0 Å². The van der Waals surface area contributed by atoms with Crippen molar-refractivity contribution in [3.05, 3.63) is 34.9 Å². The molecule has 0 spiro atoms. The van der Waals surface area contributed by atoms with E-state index >= 15 is 0 Å². The van der Waals surface area contributed by atoms with Crippen LogP contribution in [0.25, 0.3) is 0 Å². The molecule has 1 rings (SSSR count). The van der Waals surface area contributed by atoms with Gasteiger partial charge in [0.05, 0.1) is 5.60 Å². The summed E-state index contributed by atoms with van der Waals surface area (Å²) in [6.07, 6.45) is 1.02. The minimum Gasteiger partial charge on any atom is -0.376 e. The van der Waals surface area contributed by atoms with Gasteiger partial charge in [-0.15, -0.1) is 0 Å². The van der Waals surface area contributed by atoms with E-state index in [1.807, 2.05) is 12.1 Å². The van der Waals surface area contributed by atoms with Crippen molar-refractivity contribution in [2.45, 2.75) is 45.6 Å². The Labute approximate surface area is 122 Å². The molecule has 0 aliphatic heterocycles. The van der Waals surface area contributed by atoms with Crippen molar-refractivity contribution in [3.8, 4) is 0 Å². The second kappa shape index (κ2) is 7.88. The number of rotatable bonds is 7. The minimum atomic E-state index is -0.0667. The SMILES string of the molecule is CCNCC(CCOC(C)(C)C)c1ccc(Cl)cc1. The Morgan fingerprint density at radius 1 is 1.21 bits per heavy atom. The van der Waals surface area contributed by atoms with Crippen molar-refractivity contribution in [3.63, 3.8) is 0 Å². The Balaban J connectivity index is 2.58. The number of ether oxygens (including phenoxy) is 1. The van der Waals surface area contributed by atoms with Crippen LogP contribution in [0, 0.1) is 0 Å². The lowest BCUT2D eigenvalue weighted by Crippen LogP contribution is -2.25. The van der Waals surface area contributed by atoms with Gasteiger partial charge in [-0.25, -0.2) is 0 Å². The van der Waals surface area contributed by atoms with Gasteiger partial charge in [0.2, 0.25) is 0 Å². The lowest BCUT2D eigenvalue weighted by Gasteiger charge is -2.23. The highest BCUT2D eigenvalue weighted by atomic mass is 35.5. The molecule has 0 aromatic heterocycles. The van der Waals surface area contributed by atoms with Crippen molar-refractivity contribution < 1.29 is 4.74 Å². The highest BCUT2D eigenvalue weighted by Gasteiger charge is 2.14. The molecule has 0 fully saturated rings. The summed E-state index contributed by atoms with van der Waals surface area (Å²) in [4.78, 5) is 0. The molecule has 0 bridgehead atoms. The van der Waals surface area contributed by atoms with Crippen LogP contribution in [0.1, 0.15) is 45.6 Å². The highest BCUT2D eigenvalue weighted by Crippen LogP contribution is 2.22. The number of halogens is 1. The molecular formula is C16H26ClNO. The number of benzene rings is 1. The summed E-state index contributed by atoms with van der Waals surface area (Å²) in [7, 11) is 0. The fraction of sp³-hybridized carbons (Fsp3) is 0.625. The van der Waals surface area contributed by atoms with E-state index < -0.39 is 0 Å². The van der Waals surface area contributed by atoms with Gasteiger partial charge in [-0.05, 0) is 57.4 Å². The fourth-order valence-corrected chi connectivity index (χ4v) is 2.07. The molecule has 0 radical (unpaired) electrons. The molecule has 0 saturated carbocycles. The van der Waals surface area contributed by atoms with Crippen LogP contribution in [0.4, 0.5) is 0 Å². The monoisotopic (exact) mass is 283 g/mol. The van der Waals surface area contributed by atoms with E-state index in [0.717, 1.165) is 31.1 Å². The molecule has 1 atom stereocenters. The van der Waals surface area contributed by atoms with Crippen molar-refractivity contribution in [1.29, 1.82) is 0 Å². The van der Waals surface area contributed by atoms with Gasteiger partial charge in [-0.1, -0.05) is 30.7 Å². The van der Waals surface area contributed by atoms with E-state index in [0.29, 0.717) is 5.92 Å². The van der Waals surface area contributed by atoms with Crippen molar-refractivity contribution in [2.24, 2.45) is 0 Å². The summed E-state index contributed by atoms with van der Waals surface area (Å²) in [5.41, 5.74) is 1.26. The van der Waals surface area contributed by atoms with Gasteiger partial charge in [0.15, 0.2) is 0 Å². The summed E-state index contributed by atoms with van der Waals surface area (Å²) in [5.74, 6) is 0.472. The van der Waals surface area contributed by atoms with Crippen LogP contribution in [0.15, 0.2) is 24.3 Å². The van der Waals surface area contributed by atoms with Crippen molar-refractivity contribution in [1.82, 2.24) is 5.32 Å². The lowest BCUT2D eigenvalue weighted by molar-refractivity contribution is -0.00622. The summed E-state index contributed by atoms with van der Waals surface area (Å²) >= 11 is 5.94. The van der Waals surface area contributed by atoms with Gasteiger partial charge in [-0.3, -0.25) is 0 Å². The van der Waals surface area contributed by atoms with Gasteiger partial charge < -0.3 is 10.1 Å². The van der Waals surface area contributed by atoms with Crippen LogP contribution in [-0.4, -0.2) is 25.3 Å². The molecule has 0 aliphatic rings. The van der Waals surface area contributed by atoms with Crippen molar-refractivity contribution >= 4 is 11.6 Å². The Morgan fingerprint density at radius 2 is 1.84 bits per heavy atom. The minimum absolute atomic E-state index is 0.0667. The maximum Gasteiger partial charge on any atom is 0.0598 e. The Kier molecular flexibility index (Phi) is 6.84. The van der Waals surface area contributed by atoms with Gasteiger partial charge in [0.1, 0.15) is 0 Å². The number of hydrogen-bond acceptors (Lipinski definition) is 2. The van der Waals surface area contributed by atoms with Crippen LogP contribution in [0.5, 0.6) is 0 Å². The standard InChI is InChI=1S/C16H26ClNO/c1-5-18-12-14(10-11-19-16(2,3)4)13-6-8-15(17)9-7-13/h6-9,14,18H,5,10-12H2,1-4H3. The van der Waals surface area contributed by atoms with E-state index in [4.69, 9.17) is 16.3 Å². The topological polar surface area (TPSA) is 21.3 Å². The molecule has 1 N–H and O–H groups in total. The maximum absolute atomic E-state index is 5.94. The van der Waals surface area contributed by atoms with Gasteiger partial charge >= 0.3 is 0 Å². The van der Waals surface area contributed by atoms with Crippen LogP contribution < -0.4 is 5.32 Å². The Bertz CT molecular complexity index is 356. The van der Waals surface area contributed by atoms with E-state index in [1.165, 1.54) is 5.56 Å². The summed E-state index contributed by atoms with van der Waals surface area (Å²) in [6, 6.07) is 8.14. The molecule has 1 aromatic carbocycles. The quantitative estimate of drug-likeness (QED) is 0.808. The molecule has 0 saturated heterocycles. The number of nitrogens with one attached hydrogen (secondary N) is 1. The normalized spacial score (nSPS) is 13.5. The molecule has 1 unspecified atom stereocenters. The summed E-state index contributed by atoms with van der Waals surface area (Å²) in [6.45, 7) is 11.2. The average molecular weight is 284 g/mol. The third kappa shape index (κ3) is 6.95. The zero-order chi connectivity index (χ0) is 14.3. The summed E-state index contributed by atoms with van der Waals surface area (Å²) < 4.78 is 5.83. The molecule has 0 aliphatic carbocycles. The average Bonchev–Trinajstić information content (AvgIpc) is 2.33. The predicted octanol–water partition coefficient (Wildman–Crippen LogP) is 4.24. The van der Waals surface area contributed by atoms with E-state index in [-0.39, 0.29) is 5.60 Å². The van der Waals surface area contributed by atoms with Crippen LogP contribution in [-0.2, 0) is 4.74 Å². The zero-order valence-electron chi connectivity index (χ0n) is 12.5. The smallest absolute Gasteiger partial charge is 0.0598 e. The number of likely N-dealkylation sites (N-methyl/N-ethyl adjacent to an activating group) is 1. The number of hydrogen-bond donors (Lipinski definition) is 1. The third-order valence-corrected chi connectivity index (χ3v) is 3.24. The molecule has 108 valence electrons. The van der Waals surface area contributed by atoms with Gasteiger partial charge in [0, 0.05) is 18.2 Å². The first-order chi connectivity index (χ1) is 8.92. The zero-order valence-corrected chi connectivity index (χ0v) is 13.3. The first kappa shape index (κ1) is 16.5. The third-order valence-electron chi connectivity index (χ3n) is 2.98. The van der Waals surface area contributed by atoms with Crippen molar-refractivity contribution in [2.75, 3.05) is 19.7 Å². The molecule has 19 heavy (non-hydrogen) atoms. The molecule has 3 heteroatoms. The maximum atomic E-state index is 5.94. The highest BCUT2D eigenvalue weighted by molar-refractivity contribution is 6.30. The van der Waals surface area contributed by atoms with Gasteiger partial charge in [-0.2, -0.15) is 0 Å². The van der Waals surface area contributed by atoms with Crippen LogP contribution >= 0.6 is 11.6 Å². The molecule has 2 nitrogen and oxygen atoms in total. The fourth-order valence-electron chi connectivity index (χ4n) is 1.95. The van der Waals surface area contributed by atoms with E-state index in [2.05, 4.69) is 45.1 Å². The molecule has 1 aromatic rings. The molecular weight excluding hydrogens is 258 g/mol. The molecule has 0 amide bonds. The molecule has 0 heterocycles. The van der Waals surface area contributed by atoms with E-state index in [9.17, 15) is 0 Å². The van der Waals surface area contributed by atoms with Gasteiger partial charge in [0.25, 0.3) is 0 Å². The lowest BCUT2D eigenvalue weighted by atomic mass is 9.96. The second-order valence-corrected chi connectivity index (χ2v) is 6.24. The second-order valence-electron chi connectivity index (χ2n) is 5.81. The predicted molar refractivity (Wildman–Crippen MR) is 83.1 cm³/mol.